The van der Waals surface area contributed by atoms with E-state index in [1.165, 1.54) is 5.56 Å². The van der Waals surface area contributed by atoms with Gasteiger partial charge < -0.3 is 5.32 Å². The van der Waals surface area contributed by atoms with Gasteiger partial charge in [-0.05, 0) is 12.6 Å². The molecule has 0 bridgehead atoms. The van der Waals surface area contributed by atoms with E-state index in [2.05, 4.69) is 27.6 Å². The Hall–Kier alpha value is -1.68. The number of hydrogen-bond donors (Lipinski definition) is 1. The Kier molecular flexibility index (Phi) is 3.09. The van der Waals surface area contributed by atoms with E-state index in [1.807, 2.05) is 25.2 Å². The van der Waals surface area contributed by atoms with Crippen molar-refractivity contribution in [1.29, 1.82) is 0 Å². The fourth-order valence-corrected chi connectivity index (χ4v) is 1.42. The zero-order chi connectivity index (χ0) is 10.5. The summed E-state index contributed by atoms with van der Waals surface area (Å²) in [7, 11) is 1.90. The van der Waals surface area contributed by atoms with Crippen LogP contribution in [0.15, 0.2) is 36.5 Å². The first-order valence-electron chi connectivity index (χ1n) is 4.96. The normalized spacial score (nSPS) is 10.5. The Morgan fingerprint density at radius 1 is 1.27 bits per heavy atom. The average molecular weight is 202 g/mol. The van der Waals surface area contributed by atoms with E-state index in [1.54, 1.807) is 11.0 Å². The Labute approximate surface area is 88.9 Å². The van der Waals surface area contributed by atoms with E-state index in [0.29, 0.717) is 0 Å². The van der Waals surface area contributed by atoms with Crippen LogP contribution in [-0.2, 0) is 13.1 Å². The highest BCUT2D eigenvalue weighted by atomic mass is 15.5. The molecule has 0 aliphatic rings. The number of rotatable bonds is 4. The molecule has 4 heteroatoms. The van der Waals surface area contributed by atoms with Gasteiger partial charge in [0, 0.05) is 6.54 Å². The van der Waals surface area contributed by atoms with E-state index in [9.17, 15) is 0 Å². The lowest BCUT2D eigenvalue weighted by Crippen LogP contribution is -2.08. The first-order valence-corrected chi connectivity index (χ1v) is 4.96. The van der Waals surface area contributed by atoms with Crippen LogP contribution in [0.2, 0.25) is 0 Å². The fraction of sp³-hybridized carbons (Fsp3) is 0.273. The first kappa shape index (κ1) is 9.86. The lowest BCUT2D eigenvalue weighted by Gasteiger charge is -1.99. The molecule has 0 aliphatic carbocycles. The van der Waals surface area contributed by atoms with Gasteiger partial charge in [-0.25, -0.2) is 0 Å². The summed E-state index contributed by atoms with van der Waals surface area (Å²) >= 11 is 0. The van der Waals surface area contributed by atoms with Crippen molar-refractivity contribution in [2.24, 2.45) is 0 Å². The maximum absolute atomic E-state index is 4.34. The minimum atomic E-state index is 0.727. The van der Waals surface area contributed by atoms with Crippen molar-refractivity contribution in [3.05, 3.63) is 47.8 Å². The predicted molar refractivity (Wildman–Crippen MR) is 58.3 cm³/mol. The molecule has 1 heterocycles. The molecule has 78 valence electrons. The summed E-state index contributed by atoms with van der Waals surface area (Å²) in [6, 6.07) is 10.2. The molecule has 1 N–H and O–H groups in total. The van der Waals surface area contributed by atoms with Gasteiger partial charge in [-0.3, -0.25) is 0 Å². The van der Waals surface area contributed by atoms with Crippen LogP contribution in [0.1, 0.15) is 11.3 Å². The van der Waals surface area contributed by atoms with Crippen LogP contribution in [-0.4, -0.2) is 22.0 Å². The van der Waals surface area contributed by atoms with Crippen LogP contribution in [0.3, 0.4) is 0 Å². The van der Waals surface area contributed by atoms with Gasteiger partial charge in [0.1, 0.15) is 0 Å². The second-order valence-electron chi connectivity index (χ2n) is 3.38. The molecule has 0 radical (unpaired) electrons. The van der Waals surface area contributed by atoms with Crippen LogP contribution < -0.4 is 5.32 Å². The standard InChI is InChI=1S/C11H14N4/c1-12-7-11-8-13-15(14-11)9-10-5-3-2-4-6-10/h2-6,8,12H,7,9H2,1H3. The molecule has 0 spiro atoms. The van der Waals surface area contributed by atoms with Crippen molar-refractivity contribution in [2.45, 2.75) is 13.1 Å². The molecule has 4 nitrogen and oxygen atoms in total. The molecule has 2 aromatic rings. The smallest absolute Gasteiger partial charge is 0.0964 e. The van der Waals surface area contributed by atoms with E-state index < -0.39 is 0 Å². The SMILES string of the molecule is CNCc1cnn(Cc2ccccc2)n1. The summed E-state index contributed by atoms with van der Waals surface area (Å²) in [4.78, 5) is 1.71. The molecule has 0 saturated heterocycles. The van der Waals surface area contributed by atoms with Crippen molar-refractivity contribution in [1.82, 2.24) is 20.3 Å². The molecule has 2 rings (SSSR count). The Morgan fingerprint density at radius 2 is 2.07 bits per heavy atom. The molecular weight excluding hydrogens is 188 g/mol. The van der Waals surface area contributed by atoms with Crippen molar-refractivity contribution >= 4 is 0 Å². The fourth-order valence-electron chi connectivity index (χ4n) is 1.42. The first-order chi connectivity index (χ1) is 7.38. The van der Waals surface area contributed by atoms with Crippen molar-refractivity contribution in [3.63, 3.8) is 0 Å². The third-order valence-corrected chi connectivity index (χ3v) is 2.11. The van der Waals surface area contributed by atoms with Gasteiger partial charge in [0.25, 0.3) is 0 Å². The highest BCUT2D eigenvalue weighted by Crippen LogP contribution is 2.00. The third kappa shape index (κ3) is 2.63. The van der Waals surface area contributed by atoms with Crippen LogP contribution in [0.5, 0.6) is 0 Å². The largest absolute Gasteiger partial charge is 0.314 e. The van der Waals surface area contributed by atoms with Crippen molar-refractivity contribution in [2.75, 3.05) is 7.05 Å². The molecular formula is C11H14N4. The zero-order valence-electron chi connectivity index (χ0n) is 8.72. The second-order valence-corrected chi connectivity index (χ2v) is 3.38. The van der Waals surface area contributed by atoms with Gasteiger partial charge in [0.15, 0.2) is 0 Å². The lowest BCUT2D eigenvalue weighted by atomic mass is 10.2. The molecule has 0 amide bonds. The Bertz CT molecular complexity index is 408. The lowest BCUT2D eigenvalue weighted by molar-refractivity contribution is 0.581. The van der Waals surface area contributed by atoms with Crippen LogP contribution in [0, 0.1) is 0 Å². The Balaban J connectivity index is 2.05. The number of nitrogens with zero attached hydrogens (tertiary/aromatic N) is 3. The van der Waals surface area contributed by atoms with E-state index in [4.69, 9.17) is 0 Å². The van der Waals surface area contributed by atoms with E-state index >= 15 is 0 Å². The maximum atomic E-state index is 4.34. The number of hydrogen-bond acceptors (Lipinski definition) is 3. The van der Waals surface area contributed by atoms with Gasteiger partial charge in [-0.1, -0.05) is 30.3 Å². The van der Waals surface area contributed by atoms with E-state index in [0.717, 1.165) is 18.8 Å². The summed E-state index contributed by atoms with van der Waals surface area (Å²) in [5.74, 6) is 0. The summed E-state index contributed by atoms with van der Waals surface area (Å²) in [6.45, 7) is 1.49. The summed E-state index contributed by atoms with van der Waals surface area (Å²) in [5.41, 5.74) is 2.18. The van der Waals surface area contributed by atoms with Gasteiger partial charge >= 0.3 is 0 Å². The van der Waals surface area contributed by atoms with Gasteiger partial charge in [-0.2, -0.15) is 15.0 Å². The van der Waals surface area contributed by atoms with Crippen molar-refractivity contribution in [3.8, 4) is 0 Å². The van der Waals surface area contributed by atoms with Gasteiger partial charge in [-0.15, -0.1) is 0 Å². The van der Waals surface area contributed by atoms with Crippen LogP contribution in [0.4, 0.5) is 0 Å². The molecule has 1 aromatic heterocycles. The molecule has 0 aliphatic heterocycles. The molecule has 15 heavy (non-hydrogen) atoms. The van der Waals surface area contributed by atoms with Crippen LogP contribution in [0.25, 0.3) is 0 Å². The monoisotopic (exact) mass is 202 g/mol. The average Bonchev–Trinajstić information content (AvgIpc) is 2.68. The summed E-state index contributed by atoms with van der Waals surface area (Å²) in [6.07, 6.45) is 1.79. The highest BCUT2D eigenvalue weighted by molar-refractivity contribution is 5.14. The van der Waals surface area contributed by atoms with Crippen molar-refractivity contribution < 1.29 is 0 Å². The molecule has 0 fully saturated rings. The minimum Gasteiger partial charge on any atom is -0.314 e. The molecule has 0 saturated carbocycles. The quantitative estimate of drug-likeness (QED) is 0.805. The zero-order valence-corrected chi connectivity index (χ0v) is 8.72. The Morgan fingerprint density at radius 3 is 2.80 bits per heavy atom. The third-order valence-electron chi connectivity index (χ3n) is 2.11. The minimum absolute atomic E-state index is 0.727. The highest BCUT2D eigenvalue weighted by Gasteiger charge is 1.99. The molecule has 0 atom stereocenters. The summed E-state index contributed by atoms with van der Waals surface area (Å²) in [5, 5.41) is 11.6. The summed E-state index contributed by atoms with van der Waals surface area (Å²) < 4.78 is 0. The predicted octanol–water partition coefficient (Wildman–Crippen LogP) is 1.05. The van der Waals surface area contributed by atoms with Gasteiger partial charge in [0.2, 0.25) is 0 Å². The topological polar surface area (TPSA) is 42.7 Å². The number of nitrogens with one attached hydrogen (secondary N) is 1. The number of benzene rings is 1. The molecule has 0 unspecified atom stereocenters. The van der Waals surface area contributed by atoms with Gasteiger partial charge in [0.05, 0.1) is 18.4 Å². The van der Waals surface area contributed by atoms with Crippen LogP contribution >= 0.6 is 0 Å². The maximum Gasteiger partial charge on any atom is 0.0964 e. The number of aromatic nitrogens is 3. The molecule has 1 aromatic carbocycles. The second kappa shape index (κ2) is 4.70. The van der Waals surface area contributed by atoms with E-state index in [-0.39, 0.29) is 0 Å².